The van der Waals surface area contributed by atoms with Gasteiger partial charge in [0.15, 0.2) is 0 Å². The number of carbonyl (C=O) groups excluding carboxylic acids is 3. The van der Waals surface area contributed by atoms with Gasteiger partial charge < -0.3 is 16.0 Å². The minimum atomic E-state index is -3.90. The molecule has 6 aromatic heterocycles. The summed E-state index contributed by atoms with van der Waals surface area (Å²) in [4.78, 5) is 41.3. The van der Waals surface area contributed by atoms with E-state index in [1.165, 1.54) is 91.6 Å². The minimum Gasteiger partial charge on any atom is -0.325 e. The van der Waals surface area contributed by atoms with E-state index in [2.05, 4.69) is 45.4 Å². The van der Waals surface area contributed by atoms with E-state index < -0.39 is 102 Å². The molecule has 6 N–H and O–H groups in total. The number of aryl methyl sites for hydroxylation is 6. The first-order valence-electron chi connectivity index (χ1n) is 30.2. The van der Waals surface area contributed by atoms with Gasteiger partial charge >= 0.3 is 0 Å². The number of anilines is 3. The number of thiophene rings is 3. The summed E-state index contributed by atoms with van der Waals surface area (Å²) >= 11 is 21.7. The number of rotatable bonds is 12. The van der Waals surface area contributed by atoms with Crippen LogP contribution in [-0.2, 0) is 66.2 Å². The lowest BCUT2D eigenvalue weighted by Gasteiger charge is -2.35. The molecule has 6 atom stereocenters. The zero-order chi connectivity index (χ0) is 72.2. The molecule has 552 valence electrons. The number of aromatic nitrogens is 6. The van der Waals surface area contributed by atoms with Crippen molar-refractivity contribution in [3.63, 3.8) is 0 Å². The van der Waals surface area contributed by atoms with Crippen LogP contribution in [0.1, 0.15) is 108 Å². The number of amides is 3. The Balaban J connectivity index is 0.000000211. The predicted octanol–water partition coefficient (Wildman–Crippen LogP) is 13.2. The molecule has 0 bridgehead atoms. The zero-order valence-electron chi connectivity index (χ0n) is 55.2. The maximum Gasteiger partial charge on any atom is 0.280 e. The van der Waals surface area contributed by atoms with Gasteiger partial charge in [0.05, 0.1) is 50.3 Å². The van der Waals surface area contributed by atoms with E-state index in [0.717, 1.165) is 113 Å². The van der Waals surface area contributed by atoms with Crippen LogP contribution in [-0.4, -0.2) is 125 Å². The van der Waals surface area contributed by atoms with E-state index in [9.17, 15) is 52.8 Å². The molecule has 3 aliphatic heterocycles. The fourth-order valence-electron chi connectivity index (χ4n) is 11.9. The summed E-state index contributed by atoms with van der Waals surface area (Å²) in [7, 11) is -2.02. The lowest BCUT2D eigenvalue weighted by molar-refractivity contribution is -0.120. The van der Waals surface area contributed by atoms with Crippen molar-refractivity contribution >= 4 is 134 Å². The quantitative estimate of drug-likeness (QED) is 0.0666. The Morgan fingerprint density at radius 2 is 0.667 bits per heavy atom. The summed E-state index contributed by atoms with van der Waals surface area (Å²) in [6, 6.07) is 12.6. The van der Waals surface area contributed by atoms with Gasteiger partial charge in [0.1, 0.15) is 35.6 Å². The third kappa shape index (κ3) is 17.5. The molecular formula is C66H81Cl3F3N15O9S6. The molecule has 9 aromatic rings. The van der Waals surface area contributed by atoms with Crippen LogP contribution < -0.4 is 30.1 Å². The van der Waals surface area contributed by atoms with E-state index in [0.29, 0.717) is 0 Å². The highest BCUT2D eigenvalue weighted by molar-refractivity contribution is 7.87. The van der Waals surface area contributed by atoms with E-state index in [-0.39, 0.29) is 73.7 Å². The van der Waals surface area contributed by atoms with Crippen LogP contribution in [0.25, 0.3) is 33.4 Å². The summed E-state index contributed by atoms with van der Waals surface area (Å²) < 4.78 is 133. The second kappa shape index (κ2) is 32.6. The van der Waals surface area contributed by atoms with Gasteiger partial charge in [-0.25, -0.2) is 13.2 Å². The van der Waals surface area contributed by atoms with E-state index in [1.54, 1.807) is 0 Å². The standard InChI is InChI=1S/3C21H23ClFN5O3S2.3CH4/c3*1-11-20(12(2)27(3)25-11)13-7-19(32-10-13)17-9-18(28(4)33(30,31)26-17)21(29)24-14-5-6-16(23)15(22)8-14;;;/h3*5-8,10,17-18,26H,9H2,1-4H3,(H,24,29);3*1H4/t2*17-,18+;;;;/m10..../s1. The Morgan fingerprint density at radius 3 is 0.873 bits per heavy atom. The zero-order valence-corrected chi connectivity index (χ0v) is 62.3. The van der Waals surface area contributed by atoms with E-state index in [1.807, 2.05) is 111 Å². The highest BCUT2D eigenvalue weighted by atomic mass is 35.5. The predicted molar refractivity (Wildman–Crippen MR) is 401 cm³/mol. The van der Waals surface area contributed by atoms with Gasteiger partial charge in [-0.05, 0) is 166 Å². The Hall–Kier alpha value is -6.93. The van der Waals surface area contributed by atoms with Crippen molar-refractivity contribution in [2.45, 2.75) is 119 Å². The van der Waals surface area contributed by atoms with Gasteiger partial charge in [0.25, 0.3) is 30.6 Å². The third-order valence-electron chi connectivity index (χ3n) is 17.5. The maximum absolute atomic E-state index is 13.4. The first kappa shape index (κ1) is 82.4. The fraction of sp³-hybridized carbons (Fsp3) is 0.364. The first-order chi connectivity index (χ1) is 46.4. The highest BCUT2D eigenvalue weighted by Gasteiger charge is 2.44. The van der Waals surface area contributed by atoms with Crippen LogP contribution >= 0.6 is 68.8 Å². The molecule has 102 heavy (non-hydrogen) atoms. The van der Waals surface area contributed by atoms with Gasteiger partial charge in [-0.2, -0.15) is 67.6 Å². The van der Waals surface area contributed by atoms with Crippen molar-refractivity contribution in [1.82, 2.24) is 56.4 Å². The molecule has 3 aromatic carbocycles. The normalized spacial score (nSPS) is 20.1. The van der Waals surface area contributed by atoms with Gasteiger partial charge in [-0.1, -0.05) is 57.1 Å². The lowest BCUT2D eigenvalue weighted by Crippen LogP contribution is -2.55. The number of hydrogen-bond donors (Lipinski definition) is 6. The molecule has 12 rings (SSSR count). The summed E-state index contributed by atoms with van der Waals surface area (Å²) in [5.41, 5.74) is 12.5. The molecule has 3 saturated heterocycles. The number of halogens is 6. The number of hydrogen-bond acceptors (Lipinski definition) is 15. The second-order valence-corrected chi connectivity index (χ2v) is 33.2. The van der Waals surface area contributed by atoms with E-state index in [4.69, 9.17) is 34.8 Å². The van der Waals surface area contributed by atoms with Crippen molar-refractivity contribution in [1.29, 1.82) is 0 Å². The second-order valence-electron chi connectivity index (χ2n) is 23.9. The number of carbonyl (C=O) groups is 3. The molecule has 36 heteroatoms. The van der Waals surface area contributed by atoms with Crippen LogP contribution in [0.15, 0.2) is 88.9 Å². The van der Waals surface area contributed by atoms with Gasteiger partial charge in [0, 0.05) is 108 Å². The maximum atomic E-state index is 13.4. The largest absolute Gasteiger partial charge is 0.325 e. The van der Waals surface area contributed by atoms with Crippen LogP contribution in [0.2, 0.25) is 15.1 Å². The van der Waals surface area contributed by atoms with Gasteiger partial charge in [-0.15, -0.1) is 34.0 Å². The number of benzene rings is 3. The van der Waals surface area contributed by atoms with Crippen molar-refractivity contribution in [2.24, 2.45) is 21.1 Å². The molecule has 3 aliphatic rings. The topological polar surface area (TPSA) is 289 Å². The van der Waals surface area contributed by atoms with Gasteiger partial charge in [0.2, 0.25) is 17.7 Å². The van der Waals surface area contributed by atoms with Crippen LogP contribution in [0.4, 0.5) is 30.2 Å². The molecule has 24 nitrogen and oxygen atoms in total. The summed E-state index contributed by atoms with van der Waals surface area (Å²) in [5, 5.41) is 26.7. The van der Waals surface area contributed by atoms with E-state index >= 15 is 0 Å². The SMILES string of the molecule is C.C.C.Cc1nn(C)c(C)c1-c1csc(C2CC(C(=O)Nc3ccc(F)c(Cl)c3)N(C)S(=O)(=O)N2)c1.Cc1nn(C)c(C)c1-c1csc([C@@H]2C[C@H](C(=O)Nc3ccc(F)c(Cl)c3)N(C)S(=O)(=O)N2)c1.Cc1nn(C)c(C)c1-c1csc([C@H]2C[C@@H](C(=O)Nc3ccc(F)c(Cl)c3)N(C)S(=O)(=O)N2)c1. The average molecular weight is 1580 g/mol. The molecule has 3 amide bonds. The summed E-state index contributed by atoms with van der Waals surface area (Å²) in [6.45, 7) is 11.7. The monoisotopic (exact) mass is 1580 g/mol. The molecule has 0 saturated carbocycles. The Kier molecular flexibility index (Phi) is 26.3. The Bertz CT molecular complexity index is 4500. The van der Waals surface area contributed by atoms with Crippen LogP contribution in [0, 0.1) is 59.0 Å². The minimum absolute atomic E-state index is 0. The smallest absolute Gasteiger partial charge is 0.280 e. The van der Waals surface area contributed by atoms with Crippen LogP contribution in [0.3, 0.4) is 0 Å². The Labute approximate surface area is 620 Å². The molecule has 3 fully saturated rings. The molecule has 9 heterocycles. The van der Waals surface area contributed by atoms with Crippen LogP contribution in [0.5, 0.6) is 0 Å². The first-order valence-corrected chi connectivity index (χ1v) is 38.3. The highest BCUT2D eigenvalue weighted by Crippen LogP contribution is 2.41. The molecule has 2 unspecified atom stereocenters. The fourth-order valence-corrected chi connectivity index (χ4v) is 19.3. The van der Waals surface area contributed by atoms with Crippen molar-refractivity contribution in [3.8, 4) is 33.4 Å². The summed E-state index contributed by atoms with van der Waals surface area (Å²) in [6.07, 6.45) is 0.671. The third-order valence-corrected chi connectivity index (χ3v) is 26.2. The number of nitrogens with one attached hydrogen (secondary N) is 6. The van der Waals surface area contributed by atoms with Crippen molar-refractivity contribution in [2.75, 3.05) is 37.1 Å². The molecule has 0 aliphatic carbocycles. The lowest BCUT2D eigenvalue weighted by atomic mass is 10.0. The molecule has 0 spiro atoms. The Morgan fingerprint density at radius 1 is 0.431 bits per heavy atom. The summed E-state index contributed by atoms with van der Waals surface area (Å²) in [5.74, 6) is -3.39. The molecular weight excluding hydrogens is 1500 g/mol. The van der Waals surface area contributed by atoms with Crippen molar-refractivity contribution < 1.29 is 52.8 Å². The van der Waals surface area contributed by atoms with Gasteiger partial charge in [-0.3, -0.25) is 28.4 Å². The molecule has 0 radical (unpaired) electrons. The average Bonchev–Trinajstić information content (AvgIpc) is 1.36. The number of likely N-dealkylation sites (N-methyl/N-ethyl adjacent to an activating group) is 3. The number of nitrogens with zero attached hydrogens (tertiary/aromatic N) is 9. The van der Waals surface area contributed by atoms with Crippen molar-refractivity contribution in [3.05, 3.63) is 170 Å².